The lowest BCUT2D eigenvalue weighted by atomic mass is 10.1. The van der Waals surface area contributed by atoms with E-state index in [-0.39, 0.29) is 11.8 Å². The number of fused-ring (bicyclic) bond motifs is 1. The number of rotatable bonds is 2. The van der Waals surface area contributed by atoms with Gasteiger partial charge in [-0.15, -0.1) is 0 Å². The van der Waals surface area contributed by atoms with Gasteiger partial charge in [-0.2, -0.15) is 4.98 Å². The van der Waals surface area contributed by atoms with Crippen LogP contribution in [0.25, 0.3) is 11.0 Å². The van der Waals surface area contributed by atoms with Gasteiger partial charge in [-0.05, 0) is 45.4 Å². The topological polar surface area (TPSA) is 85.0 Å². The van der Waals surface area contributed by atoms with E-state index in [2.05, 4.69) is 20.1 Å². The van der Waals surface area contributed by atoms with Gasteiger partial charge in [-0.1, -0.05) is 5.16 Å². The van der Waals surface area contributed by atoms with Gasteiger partial charge < -0.3 is 9.42 Å². The Hall–Kier alpha value is -2.83. The highest BCUT2D eigenvalue weighted by Crippen LogP contribution is 2.27. The summed E-state index contributed by atoms with van der Waals surface area (Å²) in [6.45, 7) is 6.93. The van der Waals surface area contributed by atoms with Crippen LogP contribution < -0.4 is 0 Å². The third kappa shape index (κ3) is 2.86. The molecule has 1 amide bonds. The Balaban J connectivity index is 1.56. The van der Waals surface area contributed by atoms with Crippen molar-refractivity contribution in [2.75, 3.05) is 13.1 Å². The zero-order valence-corrected chi connectivity index (χ0v) is 14.5. The summed E-state index contributed by atoms with van der Waals surface area (Å²) in [4.78, 5) is 28.0. The maximum atomic E-state index is 12.8. The highest BCUT2D eigenvalue weighted by Gasteiger charge is 2.31. The van der Waals surface area contributed by atoms with Crippen LogP contribution in [-0.2, 0) is 0 Å². The highest BCUT2D eigenvalue weighted by atomic mass is 16.5. The van der Waals surface area contributed by atoms with Crippen molar-refractivity contribution in [2.45, 2.75) is 33.1 Å². The Morgan fingerprint density at radius 1 is 1.12 bits per heavy atom. The summed E-state index contributed by atoms with van der Waals surface area (Å²) in [5.41, 5.74) is 3.97. The molecule has 1 atom stereocenters. The molecule has 0 bridgehead atoms. The third-order valence-corrected chi connectivity index (χ3v) is 4.69. The molecule has 3 heterocycles. The number of aromatic nitrogens is 4. The quantitative estimate of drug-likeness (QED) is 0.714. The number of hydrogen-bond acceptors (Lipinski definition) is 6. The molecule has 0 unspecified atom stereocenters. The normalized spacial score (nSPS) is 17.4. The van der Waals surface area contributed by atoms with E-state index in [1.54, 1.807) is 6.92 Å². The van der Waals surface area contributed by atoms with Crippen LogP contribution in [0.5, 0.6) is 0 Å². The smallest absolute Gasteiger partial charge is 0.253 e. The molecule has 0 N–H and O–H groups in total. The van der Waals surface area contributed by atoms with E-state index in [1.165, 1.54) is 0 Å². The van der Waals surface area contributed by atoms with Crippen LogP contribution in [0.1, 0.15) is 45.8 Å². The maximum absolute atomic E-state index is 12.8. The highest BCUT2D eigenvalue weighted by molar-refractivity contribution is 5.97. The summed E-state index contributed by atoms with van der Waals surface area (Å²) in [5, 5.41) is 3.83. The van der Waals surface area contributed by atoms with Crippen LogP contribution >= 0.6 is 0 Å². The predicted octanol–water partition coefficient (Wildman–Crippen LogP) is 2.57. The van der Waals surface area contributed by atoms with Crippen LogP contribution in [0.4, 0.5) is 0 Å². The summed E-state index contributed by atoms with van der Waals surface area (Å²) < 4.78 is 5.25. The molecule has 1 aliphatic heterocycles. The van der Waals surface area contributed by atoms with Gasteiger partial charge in [-0.3, -0.25) is 4.79 Å². The number of nitrogens with zero attached hydrogens (tertiary/aromatic N) is 5. The van der Waals surface area contributed by atoms with Crippen molar-refractivity contribution in [1.82, 2.24) is 25.0 Å². The number of carbonyl (C=O) groups is 1. The van der Waals surface area contributed by atoms with E-state index >= 15 is 0 Å². The van der Waals surface area contributed by atoms with Gasteiger partial charge in [0.15, 0.2) is 5.82 Å². The lowest BCUT2D eigenvalue weighted by Crippen LogP contribution is -2.28. The molecule has 1 fully saturated rings. The molecule has 1 aromatic carbocycles. The van der Waals surface area contributed by atoms with Gasteiger partial charge in [0.05, 0.1) is 28.3 Å². The van der Waals surface area contributed by atoms with E-state index in [0.29, 0.717) is 30.4 Å². The minimum absolute atomic E-state index is 0.000616. The van der Waals surface area contributed by atoms with E-state index in [0.717, 1.165) is 28.8 Å². The van der Waals surface area contributed by atoms with Gasteiger partial charge in [-0.25, -0.2) is 9.97 Å². The Morgan fingerprint density at radius 3 is 2.60 bits per heavy atom. The first-order valence-electron chi connectivity index (χ1n) is 8.36. The summed E-state index contributed by atoms with van der Waals surface area (Å²) in [7, 11) is 0. The molecule has 0 spiro atoms. The SMILES string of the molecule is Cc1noc([C@@H]2CCN(C(=O)c3ccc4nc(C)c(C)nc4c3)C2)n1. The van der Waals surface area contributed by atoms with Crippen LogP contribution in [0.2, 0.25) is 0 Å². The summed E-state index contributed by atoms with van der Waals surface area (Å²) in [6, 6.07) is 5.50. The zero-order valence-electron chi connectivity index (χ0n) is 14.5. The van der Waals surface area contributed by atoms with E-state index in [9.17, 15) is 4.79 Å². The first-order valence-corrected chi connectivity index (χ1v) is 8.36. The molecule has 0 aliphatic carbocycles. The van der Waals surface area contributed by atoms with E-state index in [1.807, 2.05) is 36.9 Å². The molecule has 128 valence electrons. The fourth-order valence-electron chi connectivity index (χ4n) is 3.17. The summed E-state index contributed by atoms with van der Waals surface area (Å²) in [5.74, 6) is 1.35. The van der Waals surface area contributed by atoms with Gasteiger partial charge >= 0.3 is 0 Å². The fraction of sp³-hybridized carbons (Fsp3) is 0.389. The minimum atomic E-state index is 0.000616. The molecule has 0 radical (unpaired) electrons. The van der Waals surface area contributed by atoms with E-state index in [4.69, 9.17) is 4.52 Å². The van der Waals surface area contributed by atoms with Gasteiger partial charge in [0, 0.05) is 18.7 Å². The van der Waals surface area contributed by atoms with Crippen LogP contribution in [0.15, 0.2) is 22.7 Å². The molecule has 25 heavy (non-hydrogen) atoms. The van der Waals surface area contributed by atoms with Crippen molar-refractivity contribution in [1.29, 1.82) is 0 Å². The van der Waals surface area contributed by atoms with Crippen molar-refractivity contribution >= 4 is 16.9 Å². The number of aryl methyl sites for hydroxylation is 3. The Bertz CT molecular complexity index is 965. The first kappa shape index (κ1) is 15.7. The Kier molecular flexibility index (Phi) is 3.71. The molecular formula is C18H19N5O2. The van der Waals surface area contributed by atoms with Gasteiger partial charge in [0.25, 0.3) is 5.91 Å². The molecule has 7 nitrogen and oxygen atoms in total. The average molecular weight is 337 g/mol. The van der Waals surface area contributed by atoms with E-state index < -0.39 is 0 Å². The molecule has 1 aliphatic rings. The second-order valence-electron chi connectivity index (χ2n) is 6.51. The number of amides is 1. The second-order valence-corrected chi connectivity index (χ2v) is 6.51. The van der Waals surface area contributed by atoms with Crippen LogP contribution in [-0.4, -0.2) is 44.0 Å². The third-order valence-electron chi connectivity index (χ3n) is 4.69. The number of benzene rings is 1. The minimum Gasteiger partial charge on any atom is -0.339 e. The molecule has 1 saturated heterocycles. The Labute approximate surface area is 145 Å². The molecule has 7 heteroatoms. The second kappa shape index (κ2) is 5.91. The molecule has 3 aromatic rings. The fourth-order valence-corrected chi connectivity index (χ4v) is 3.17. The van der Waals surface area contributed by atoms with Gasteiger partial charge in [0.1, 0.15) is 0 Å². The number of likely N-dealkylation sites (tertiary alicyclic amines) is 1. The predicted molar refractivity (Wildman–Crippen MR) is 91.3 cm³/mol. The monoisotopic (exact) mass is 337 g/mol. The Morgan fingerprint density at radius 2 is 1.88 bits per heavy atom. The molecular weight excluding hydrogens is 318 g/mol. The van der Waals surface area contributed by atoms with Crippen molar-refractivity contribution in [3.8, 4) is 0 Å². The van der Waals surface area contributed by atoms with Crippen molar-refractivity contribution in [3.05, 3.63) is 46.9 Å². The van der Waals surface area contributed by atoms with Gasteiger partial charge in [0.2, 0.25) is 5.89 Å². The summed E-state index contributed by atoms with van der Waals surface area (Å²) >= 11 is 0. The number of hydrogen-bond donors (Lipinski definition) is 0. The van der Waals surface area contributed by atoms with Crippen molar-refractivity contribution in [2.24, 2.45) is 0 Å². The summed E-state index contributed by atoms with van der Waals surface area (Å²) in [6.07, 6.45) is 0.832. The molecule has 2 aromatic heterocycles. The average Bonchev–Trinajstić information content (AvgIpc) is 3.24. The largest absolute Gasteiger partial charge is 0.339 e. The number of carbonyl (C=O) groups excluding carboxylic acids is 1. The standard InChI is InChI=1S/C18H19N5O2/c1-10-11(2)20-16-8-13(4-5-15(16)19-10)18(24)23-7-6-14(9-23)17-21-12(3)22-25-17/h4-5,8,14H,6-7,9H2,1-3H3/t14-/m1/s1. The van der Waals surface area contributed by atoms with Crippen LogP contribution in [0, 0.1) is 20.8 Å². The maximum Gasteiger partial charge on any atom is 0.253 e. The molecule has 0 saturated carbocycles. The first-order chi connectivity index (χ1) is 12.0. The van der Waals surface area contributed by atoms with Crippen molar-refractivity contribution < 1.29 is 9.32 Å². The van der Waals surface area contributed by atoms with Crippen LogP contribution in [0.3, 0.4) is 0 Å². The lowest BCUT2D eigenvalue weighted by molar-refractivity contribution is 0.0789. The zero-order chi connectivity index (χ0) is 17.6. The van der Waals surface area contributed by atoms with Crippen molar-refractivity contribution in [3.63, 3.8) is 0 Å². The molecule has 4 rings (SSSR count). The lowest BCUT2D eigenvalue weighted by Gasteiger charge is -2.16.